The summed E-state index contributed by atoms with van der Waals surface area (Å²) in [6.07, 6.45) is 10.0. The van der Waals surface area contributed by atoms with Gasteiger partial charge in [-0.15, -0.1) is 11.3 Å². The van der Waals surface area contributed by atoms with Crippen molar-refractivity contribution in [3.8, 4) is 0 Å². The fraction of sp³-hybridized carbons (Fsp3) is 0.786. The molecule has 1 aromatic heterocycles. The molecule has 0 radical (unpaired) electrons. The lowest BCUT2D eigenvalue weighted by Gasteiger charge is -2.28. The maximum Gasteiger partial charge on any atom is 0.107 e. The van der Waals surface area contributed by atoms with Crippen LogP contribution in [0.25, 0.3) is 0 Å². The molecule has 0 atom stereocenters. The summed E-state index contributed by atoms with van der Waals surface area (Å²) in [6.45, 7) is 5.48. The van der Waals surface area contributed by atoms with Crippen LogP contribution >= 0.6 is 11.3 Å². The largest absolute Gasteiger partial charge is 0.308 e. The Bertz CT molecular complexity index is 327. The molecule has 0 amide bonds. The Labute approximate surface area is 109 Å². The van der Waals surface area contributed by atoms with Crippen molar-refractivity contribution < 1.29 is 0 Å². The van der Waals surface area contributed by atoms with Crippen LogP contribution in [0.2, 0.25) is 0 Å². The summed E-state index contributed by atoms with van der Waals surface area (Å²) in [7, 11) is 0. The Morgan fingerprint density at radius 3 is 2.65 bits per heavy atom. The monoisotopic (exact) mass is 252 g/mol. The van der Waals surface area contributed by atoms with Gasteiger partial charge in [-0.1, -0.05) is 20.3 Å². The first-order chi connectivity index (χ1) is 8.31. The molecule has 1 saturated carbocycles. The third-order valence-electron chi connectivity index (χ3n) is 3.92. The van der Waals surface area contributed by atoms with Crippen LogP contribution in [0.4, 0.5) is 0 Å². The molecule has 2 nitrogen and oxygen atoms in total. The minimum atomic E-state index is 0.728. The van der Waals surface area contributed by atoms with Crippen molar-refractivity contribution in [2.24, 2.45) is 5.92 Å². The molecule has 1 aliphatic rings. The summed E-state index contributed by atoms with van der Waals surface area (Å²) in [5.74, 6) is 0.986. The molecular formula is C14H24N2S. The Morgan fingerprint density at radius 2 is 2.06 bits per heavy atom. The summed E-state index contributed by atoms with van der Waals surface area (Å²) < 4.78 is 0. The van der Waals surface area contributed by atoms with Crippen molar-refractivity contribution in [3.63, 3.8) is 0 Å². The van der Waals surface area contributed by atoms with Crippen LogP contribution in [0, 0.1) is 5.92 Å². The first-order valence-electron chi connectivity index (χ1n) is 6.98. The minimum Gasteiger partial charge on any atom is -0.308 e. The van der Waals surface area contributed by atoms with Gasteiger partial charge >= 0.3 is 0 Å². The molecule has 3 heteroatoms. The van der Waals surface area contributed by atoms with Crippen LogP contribution in [-0.2, 0) is 13.0 Å². The number of aromatic nitrogens is 1. The lowest BCUT2D eigenvalue weighted by atomic mass is 9.84. The summed E-state index contributed by atoms with van der Waals surface area (Å²) in [5.41, 5.74) is 0. The van der Waals surface area contributed by atoms with Gasteiger partial charge in [-0.05, 0) is 38.0 Å². The summed E-state index contributed by atoms with van der Waals surface area (Å²) in [6, 6.07) is 0.728. The van der Waals surface area contributed by atoms with Gasteiger partial charge in [0, 0.05) is 23.7 Å². The van der Waals surface area contributed by atoms with Gasteiger partial charge in [0.25, 0.3) is 0 Å². The molecule has 0 aromatic carbocycles. The molecule has 1 aliphatic carbocycles. The molecule has 17 heavy (non-hydrogen) atoms. The lowest BCUT2D eigenvalue weighted by molar-refractivity contribution is 0.285. The topological polar surface area (TPSA) is 24.9 Å². The maximum atomic E-state index is 4.46. The number of hydrogen-bond donors (Lipinski definition) is 1. The average molecular weight is 252 g/mol. The molecule has 0 unspecified atom stereocenters. The number of thiazole rings is 1. The molecule has 0 spiro atoms. The second-order valence-electron chi connectivity index (χ2n) is 5.08. The molecule has 0 bridgehead atoms. The lowest BCUT2D eigenvalue weighted by Crippen LogP contribution is -2.32. The standard InChI is InChI=1S/C14H24N2S/c1-3-11-5-7-12(8-6-11)15-10-14-16-9-13(4-2)17-14/h9,11-12,15H,3-8,10H2,1-2H3. The van der Waals surface area contributed by atoms with Crippen molar-refractivity contribution in [1.82, 2.24) is 10.3 Å². The maximum absolute atomic E-state index is 4.46. The highest BCUT2D eigenvalue weighted by Gasteiger charge is 2.19. The van der Waals surface area contributed by atoms with E-state index in [-0.39, 0.29) is 0 Å². The van der Waals surface area contributed by atoms with Gasteiger partial charge < -0.3 is 5.32 Å². The van der Waals surface area contributed by atoms with Crippen molar-refractivity contribution in [3.05, 3.63) is 16.1 Å². The quantitative estimate of drug-likeness (QED) is 0.863. The van der Waals surface area contributed by atoms with E-state index in [0.717, 1.165) is 24.9 Å². The van der Waals surface area contributed by atoms with Crippen molar-refractivity contribution in [1.29, 1.82) is 0 Å². The van der Waals surface area contributed by atoms with E-state index >= 15 is 0 Å². The van der Waals surface area contributed by atoms with Gasteiger partial charge in [-0.25, -0.2) is 4.98 Å². The summed E-state index contributed by atoms with van der Waals surface area (Å²) in [5, 5.41) is 4.92. The van der Waals surface area contributed by atoms with Crippen LogP contribution in [0.3, 0.4) is 0 Å². The predicted molar refractivity (Wildman–Crippen MR) is 74.4 cm³/mol. The summed E-state index contributed by atoms with van der Waals surface area (Å²) >= 11 is 1.85. The van der Waals surface area contributed by atoms with Gasteiger partial charge in [0.05, 0.1) is 0 Å². The van der Waals surface area contributed by atoms with E-state index < -0.39 is 0 Å². The molecule has 1 N–H and O–H groups in total. The zero-order chi connectivity index (χ0) is 12.1. The Balaban J connectivity index is 1.72. The third kappa shape index (κ3) is 3.78. The van der Waals surface area contributed by atoms with Gasteiger partial charge in [-0.3, -0.25) is 0 Å². The minimum absolute atomic E-state index is 0.728. The SMILES string of the molecule is CCc1cnc(CNC2CCC(CC)CC2)s1. The van der Waals surface area contributed by atoms with Crippen LogP contribution < -0.4 is 5.32 Å². The van der Waals surface area contributed by atoms with Crippen molar-refractivity contribution in [2.75, 3.05) is 0 Å². The van der Waals surface area contributed by atoms with Gasteiger partial charge in [0.1, 0.15) is 5.01 Å². The van der Waals surface area contributed by atoms with E-state index in [2.05, 4.69) is 24.1 Å². The number of aryl methyl sites for hydroxylation is 1. The third-order valence-corrected chi connectivity index (χ3v) is 5.06. The van der Waals surface area contributed by atoms with Crippen molar-refractivity contribution >= 4 is 11.3 Å². The van der Waals surface area contributed by atoms with E-state index in [4.69, 9.17) is 0 Å². The molecule has 0 aliphatic heterocycles. The normalized spacial score (nSPS) is 25.1. The van der Waals surface area contributed by atoms with Crippen molar-refractivity contribution in [2.45, 2.75) is 65.0 Å². The molecule has 0 saturated heterocycles. The summed E-state index contributed by atoms with van der Waals surface area (Å²) in [4.78, 5) is 5.86. The average Bonchev–Trinajstić information content (AvgIpc) is 2.85. The highest BCUT2D eigenvalue weighted by molar-refractivity contribution is 7.11. The fourth-order valence-electron chi connectivity index (χ4n) is 2.60. The second kappa shape index (κ2) is 6.50. The Morgan fingerprint density at radius 1 is 1.29 bits per heavy atom. The molecule has 1 heterocycles. The van der Waals surface area contributed by atoms with E-state index in [0.29, 0.717) is 0 Å². The van der Waals surface area contributed by atoms with Crippen LogP contribution in [0.1, 0.15) is 55.8 Å². The Kier molecular flexibility index (Phi) is 4.99. The van der Waals surface area contributed by atoms with E-state index in [1.54, 1.807) is 0 Å². The van der Waals surface area contributed by atoms with E-state index in [1.807, 2.05) is 17.5 Å². The number of nitrogens with zero attached hydrogens (tertiary/aromatic N) is 1. The Hall–Kier alpha value is -0.410. The molecule has 1 fully saturated rings. The highest BCUT2D eigenvalue weighted by atomic mass is 32.1. The first-order valence-corrected chi connectivity index (χ1v) is 7.80. The predicted octanol–water partition coefficient (Wildman–Crippen LogP) is 3.76. The van der Waals surface area contributed by atoms with Gasteiger partial charge in [-0.2, -0.15) is 0 Å². The van der Waals surface area contributed by atoms with Gasteiger partial charge in [0.2, 0.25) is 0 Å². The van der Waals surface area contributed by atoms with E-state index in [9.17, 15) is 0 Å². The smallest absolute Gasteiger partial charge is 0.107 e. The molecule has 1 aromatic rings. The van der Waals surface area contributed by atoms with Gasteiger partial charge in [0.15, 0.2) is 0 Å². The molecule has 96 valence electrons. The molecular weight excluding hydrogens is 228 g/mol. The second-order valence-corrected chi connectivity index (χ2v) is 6.28. The van der Waals surface area contributed by atoms with E-state index in [1.165, 1.54) is 42.0 Å². The van der Waals surface area contributed by atoms with Crippen LogP contribution in [0.5, 0.6) is 0 Å². The van der Waals surface area contributed by atoms with Crippen LogP contribution in [0.15, 0.2) is 6.20 Å². The number of hydrogen-bond acceptors (Lipinski definition) is 3. The fourth-order valence-corrected chi connectivity index (χ4v) is 3.41. The number of nitrogens with one attached hydrogen (secondary N) is 1. The zero-order valence-electron chi connectivity index (χ0n) is 11.0. The number of rotatable bonds is 5. The highest BCUT2D eigenvalue weighted by Crippen LogP contribution is 2.26. The van der Waals surface area contributed by atoms with Crippen LogP contribution in [-0.4, -0.2) is 11.0 Å². The molecule has 2 rings (SSSR count). The first kappa shape index (κ1) is 13.0. The zero-order valence-corrected chi connectivity index (χ0v) is 11.9.